The molecule has 0 radical (unpaired) electrons. The van der Waals surface area contributed by atoms with Gasteiger partial charge >= 0.3 is 0 Å². The molecule has 0 saturated carbocycles. The van der Waals surface area contributed by atoms with Crippen molar-refractivity contribution in [2.75, 3.05) is 20.3 Å². The third-order valence-electron chi connectivity index (χ3n) is 1.54. The predicted octanol–water partition coefficient (Wildman–Crippen LogP) is 3.27. The molecule has 5 heteroatoms. The number of rotatable bonds is 4. The summed E-state index contributed by atoms with van der Waals surface area (Å²) in [7, 11) is 1.54. The van der Waals surface area contributed by atoms with Crippen molar-refractivity contribution >= 4 is 27.5 Å². The van der Waals surface area contributed by atoms with E-state index in [0.717, 1.165) is 0 Å². The van der Waals surface area contributed by atoms with E-state index in [0.29, 0.717) is 11.1 Å². The number of methoxy groups -OCH3 is 1. The van der Waals surface area contributed by atoms with Crippen molar-refractivity contribution < 1.29 is 13.9 Å². The van der Waals surface area contributed by atoms with Crippen molar-refractivity contribution in [2.45, 2.75) is 0 Å². The minimum atomic E-state index is -0.492. The molecule has 0 unspecified atom stereocenters. The highest BCUT2D eigenvalue weighted by atomic mass is 79.9. The molecule has 0 N–H and O–H groups in total. The molecule has 1 aromatic rings. The number of hydrogen-bond donors (Lipinski definition) is 0. The van der Waals surface area contributed by atoms with Crippen LogP contribution < -0.4 is 4.74 Å². The Morgan fingerprint density at radius 1 is 1.43 bits per heavy atom. The molecule has 1 rings (SSSR count). The van der Waals surface area contributed by atoms with Gasteiger partial charge < -0.3 is 9.47 Å². The molecule has 0 aliphatic rings. The van der Waals surface area contributed by atoms with Crippen LogP contribution in [0.15, 0.2) is 16.6 Å². The van der Waals surface area contributed by atoms with Crippen molar-refractivity contribution in [3.05, 3.63) is 27.4 Å². The summed E-state index contributed by atoms with van der Waals surface area (Å²) in [6.07, 6.45) is 0. The maximum atomic E-state index is 13.4. The van der Waals surface area contributed by atoms with Crippen LogP contribution in [0.4, 0.5) is 4.39 Å². The van der Waals surface area contributed by atoms with Gasteiger partial charge in [0, 0.05) is 7.11 Å². The van der Waals surface area contributed by atoms with Gasteiger partial charge in [-0.25, -0.2) is 4.39 Å². The van der Waals surface area contributed by atoms with Crippen molar-refractivity contribution in [3.8, 4) is 5.75 Å². The minimum Gasteiger partial charge on any atom is -0.486 e. The van der Waals surface area contributed by atoms with Gasteiger partial charge in [0.1, 0.15) is 6.61 Å². The lowest BCUT2D eigenvalue weighted by Gasteiger charge is -2.09. The van der Waals surface area contributed by atoms with Gasteiger partial charge in [0.25, 0.3) is 0 Å². The number of hydrogen-bond acceptors (Lipinski definition) is 2. The Morgan fingerprint density at radius 3 is 2.79 bits per heavy atom. The van der Waals surface area contributed by atoms with Gasteiger partial charge in [0.05, 0.1) is 16.1 Å². The molecule has 0 heterocycles. The zero-order valence-corrected chi connectivity index (χ0v) is 9.86. The Balaban J connectivity index is 2.79. The highest BCUT2D eigenvalue weighted by molar-refractivity contribution is 9.10. The molecular formula is C9H9BrClFO2. The predicted molar refractivity (Wildman–Crippen MR) is 56.5 cm³/mol. The summed E-state index contributed by atoms with van der Waals surface area (Å²) in [5.41, 5.74) is 0. The Bertz CT molecular complexity index is 320. The molecule has 0 aliphatic carbocycles. The van der Waals surface area contributed by atoms with Crippen molar-refractivity contribution in [3.63, 3.8) is 0 Å². The number of ether oxygens (including phenoxy) is 2. The van der Waals surface area contributed by atoms with Crippen LogP contribution in [0.1, 0.15) is 0 Å². The molecule has 2 nitrogen and oxygen atoms in total. The second kappa shape index (κ2) is 5.53. The lowest BCUT2D eigenvalue weighted by Crippen LogP contribution is -2.06. The van der Waals surface area contributed by atoms with E-state index in [1.807, 2.05) is 0 Å². The third kappa shape index (κ3) is 2.83. The van der Waals surface area contributed by atoms with Gasteiger partial charge in [-0.15, -0.1) is 0 Å². The van der Waals surface area contributed by atoms with E-state index in [2.05, 4.69) is 15.9 Å². The van der Waals surface area contributed by atoms with Gasteiger partial charge in [0.2, 0.25) is 0 Å². The largest absolute Gasteiger partial charge is 0.486 e. The molecule has 0 fully saturated rings. The molecule has 0 saturated heterocycles. The standard InChI is InChI=1S/C9H9BrClFO2/c1-13-4-5-14-9-7(11)3-2-6(10)8(9)12/h2-3H,4-5H2,1H3. The first-order valence-electron chi connectivity index (χ1n) is 3.92. The molecule has 0 bridgehead atoms. The fourth-order valence-electron chi connectivity index (χ4n) is 0.868. The monoisotopic (exact) mass is 282 g/mol. The van der Waals surface area contributed by atoms with Crippen LogP contribution in [0, 0.1) is 5.82 Å². The number of halogens is 3. The van der Waals surface area contributed by atoms with Crippen LogP contribution >= 0.6 is 27.5 Å². The van der Waals surface area contributed by atoms with E-state index in [9.17, 15) is 4.39 Å². The van der Waals surface area contributed by atoms with Crippen LogP contribution in [0.3, 0.4) is 0 Å². The molecule has 0 amide bonds. The van der Waals surface area contributed by atoms with E-state index < -0.39 is 5.82 Å². The number of benzene rings is 1. The van der Waals surface area contributed by atoms with E-state index in [4.69, 9.17) is 21.1 Å². The van der Waals surface area contributed by atoms with Gasteiger partial charge in [-0.05, 0) is 28.1 Å². The molecule has 0 spiro atoms. The fourth-order valence-corrected chi connectivity index (χ4v) is 1.38. The van der Waals surface area contributed by atoms with E-state index in [1.165, 1.54) is 6.07 Å². The van der Waals surface area contributed by atoms with Crippen LogP contribution in [0.2, 0.25) is 5.02 Å². The molecule has 0 aromatic heterocycles. The van der Waals surface area contributed by atoms with Crippen LogP contribution in [0.5, 0.6) is 5.75 Å². The van der Waals surface area contributed by atoms with Crippen molar-refractivity contribution in [2.24, 2.45) is 0 Å². The molecule has 0 atom stereocenters. The van der Waals surface area contributed by atoms with Gasteiger partial charge in [-0.1, -0.05) is 11.6 Å². The summed E-state index contributed by atoms with van der Waals surface area (Å²) in [4.78, 5) is 0. The smallest absolute Gasteiger partial charge is 0.180 e. The summed E-state index contributed by atoms with van der Waals surface area (Å²) in [5.74, 6) is -0.438. The van der Waals surface area contributed by atoms with Crippen LogP contribution in [-0.4, -0.2) is 20.3 Å². The molecule has 78 valence electrons. The second-order valence-electron chi connectivity index (χ2n) is 2.51. The maximum absolute atomic E-state index is 13.4. The normalized spacial score (nSPS) is 10.3. The van der Waals surface area contributed by atoms with Crippen molar-refractivity contribution in [1.82, 2.24) is 0 Å². The van der Waals surface area contributed by atoms with E-state index >= 15 is 0 Å². The Kier molecular flexibility index (Phi) is 4.65. The minimum absolute atomic E-state index is 0.0538. The van der Waals surface area contributed by atoms with E-state index in [-0.39, 0.29) is 17.4 Å². The highest BCUT2D eigenvalue weighted by Gasteiger charge is 2.11. The first kappa shape index (κ1) is 11.8. The topological polar surface area (TPSA) is 18.5 Å². The van der Waals surface area contributed by atoms with E-state index in [1.54, 1.807) is 13.2 Å². The van der Waals surface area contributed by atoms with Gasteiger partial charge in [0.15, 0.2) is 11.6 Å². The molecule has 14 heavy (non-hydrogen) atoms. The SMILES string of the molecule is COCCOc1c(Cl)ccc(Br)c1F. The van der Waals surface area contributed by atoms with Gasteiger partial charge in [-0.3, -0.25) is 0 Å². The Labute approximate surface area is 95.1 Å². The third-order valence-corrected chi connectivity index (χ3v) is 2.45. The average molecular weight is 284 g/mol. The van der Waals surface area contributed by atoms with Gasteiger partial charge in [-0.2, -0.15) is 0 Å². The summed E-state index contributed by atoms with van der Waals surface area (Å²) in [6, 6.07) is 3.09. The molecule has 0 aliphatic heterocycles. The zero-order chi connectivity index (χ0) is 10.6. The van der Waals surface area contributed by atoms with Crippen LogP contribution in [-0.2, 0) is 4.74 Å². The fraction of sp³-hybridized carbons (Fsp3) is 0.333. The maximum Gasteiger partial charge on any atom is 0.180 e. The summed E-state index contributed by atoms with van der Waals surface area (Å²) in [6.45, 7) is 0.659. The molecular weight excluding hydrogens is 274 g/mol. The lowest BCUT2D eigenvalue weighted by atomic mass is 10.3. The quantitative estimate of drug-likeness (QED) is 0.624. The summed E-state index contributed by atoms with van der Waals surface area (Å²) < 4.78 is 23.6. The summed E-state index contributed by atoms with van der Waals surface area (Å²) >= 11 is 8.80. The van der Waals surface area contributed by atoms with Crippen LogP contribution in [0.25, 0.3) is 0 Å². The second-order valence-corrected chi connectivity index (χ2v) is 3.78. The zero-order valence-electron chi connectivity index (χ0n) is 7.52. The Morgan fingerprint density at radius 2 is 2.14 bits per heavy atom. The van der Waals surface area contributed by atoms with Crippen molar-refractivity contribution in [1.29, 1.82) is 0 Å². The summed E-state index contributed by atoms with van der Waals surface area (Å²) in [5, 5.41) is 0.252. The first-order chi connectivity index (χ1) is 6.66. The highest BCUT2D eigenvalue weighted by Crippen LogP contribution is 2.32. The lowest BCUT2D eigenvalue weighted by molar-refractivity contribution is 0.144. The molecule has 1 aromatic carbocycles. The average Bonchev–Trinajstić information content (AvgIpc) is 2.18. The first-order valence-corrected chi connectivity index (χ1v) is 5.09. The Hall–Kier alpha value is -0.320.